The van der Waals surface area contributed by atoms with Gasteiger partial charge in [0.25, 0.3) is 0 Å². The first-order valence-electron chi connectivity index (χ1n) is 7.10. The van der Waals surface area contributed by atoms with Gasteiger partial charge in [0, 0.05) is 44.5 Å². The van der Waals surface area contributed by atoms with Crippen molar-refractivity contribution in [1.82, 2.24) is 9.88 Å². The lowest BCUT2D eigenvalue weighted by atomic mass is 10.0. The Hall–Kier alpha value is -2.22. The lowest BCUT2D eigenvalue weighted by Crippen LogP contribution is -2.34. The van der Waals surface area contributed by atoms with Gasteiger partial charge in [0.05, 0.1) is 6.07 Å². The van der Waals surface area contributed by atoms with Crippen molar-refractivity contribution in [3.63, 3.8) is 0 Å². The predicted octanol–water partition coefficient (Wildman–Crippen LogP) is 2.50. The average molecular weight is 280 g/mol. The number of nitriles is 1. The van der Waals surface area contributed by atoms with Crippen LogP contribution in [0.2, 0.25) is 0 Å². The summed E-state index contributed by atoms with van der Waals surface area (Å²) in [7, 11) is 0. The SMILES string of the molecule is N#CCCN(Cc1cccnc1)C(CN)c1ccccc1. The van der Waals surface area contributed by atoms with Gasteiger partial charge in [-0.25, -0.2) is 0 Å². The maximum absolute atomic E-state index is 8.89. The maximum atomic E-state index is 8.89. The summed E-state index contributed by atoms with van der Waals surface area (Å²) in [5, 5.41) is 8.89. The van der Waals surface area contributed by atoms with E-state index in [1.165, 1.54) is 5.56 Å². The highest BCUT2D eigenvalue weighted by molar-refractivity contribution is 5.20. The molecule has 1 unspecified atom stereocenters. The molecule has 0 aliphatic heterocycles. The fourth-order valence-corrected chi connectivity index (χ4v) is 2.44. The number of benzene rings is 1. The van der Waals surface area contributed by atoms with Crippen LogP contribution in [0.25, 0.3) is 0 Å². The van der Waals surface area contributed by atoms with Gasteiger partial charge < -0.3 is 5.73 Å². The van der Waals surface area contributed by atoms with E-state index in [-0.39, 0.29) is 6.04 Å². The van der Waals surface area contributed by atoms with E-state index in [1.807, 2.05) is 36.5 Å². The normalized spacial score (nSPS) is 12.0. The highest BCUT2D eigenvalue weighted by atomic mass is 15.2. The molecular weight excluding hydrogens is 260 g/mol. The van der Waals surface area contributed by atoms with Crippen molar-refractivity contribution in [2.24, 2.45) is 5.73 Å². The van der Waals surface area contributed by atoms with Crippen molar-refractivity contribution in [3.8, 4) is 6.07 Å². The van der Waals surface area contributed by atoms with Gasteiger partial charge in [-0.1, -0.05) is 36.4 Å². The van der Waals surface area contributed by atoms with Crippen LogP contribution in [0.1, 0.15) is 23.6 Å². The van der Waals surface area contributed by atoms with E-state index in [0.717, 1.165) is 12.1 Å². The molecule has 108 valence electrons. The van der Waals surface area contributed by atoms with Gasteiger partial charge in [0.1, 0.15) is 0 Å². The van der Waals surface area contributed by atoms with Gasteiger partial charge >= 0.3 is 0 Å². The van der Waals surface area contributed by atoms with Gasteiger partial charge in [-0.15, -0.1) is 0 Å². The van der Waals surface area contributed by atoms with Crippen molar-refractivity contribution in [1.29, 1.82) is 5.26 Å². The van der Waals surface area contributed by atoms with Gasteiger partial charge in [0.2, 0.25) is 0 Å². The Kier molecular flexibility index (Phi) is 5.89. The molecule has 0 aliphatic rings. The van der Waals surface area contributed by atoms with E-state index in [9.17, 15) is 0 Å². The number of aromatic nitrogens is 1. The highest BCUT2D eigenvalue weighted by Crippen LogP contribution is 2.21. The zero-order valence-corrected chi connectivity index (χ0v) is 12.0. The molecule has 2 rings (SSSR count). The fraction of sp³-hybridized carbons (Fsp3) is 0.294. The summed E-state index contributed by atoms with van der Waals surface area (Å²) >= 11 is 0. The Labute approximate surface area is 125 Å². The molecule has 0 radical (unpaired) electrons. The van der Waals surface area contributed by atoms with Crippen molar-refractivity contribution < 1.29 is 0 Å². The second-order valence-corrected chi connectivity index (χ2v) is 4.90. The van der Waals surface area contributed by atoms with Gasteiger partial charge in [0.15, 0.2) is 0 Å². The first-order chi connectivity index (χ1) is 10.3. The Morgan fingerprint density at radius 2 is 2.00 bits per heavy atom. The molecule has 1 heterocycles. The first kappa shape index (κ1) is 15.2. The maximum Gasteiger partial charge on any atom is 0.0635 e. The first-order valence-corrected chi connectivity index (χ1v) is 7.10. The summed E-state index contributed by atoms with van der Waals surface area (Å²) in [6.07, 6.45) is 4.11. The third-order valence-electron chi connectivity index (χ3n) is 3.47. The zero-order valence-electron chi connectivity index (χ0n) is 12.0. The average Bonchev–Trinajstić information content (AvgIpc) is 2.55. The lowest BCUT2D eigenvalue weighted by Gasteiger charge is -2.30. The molecule has 2 aromatic rings. The summed E-state index contributed by atoms with van der Waals surface area (Å²) < 4.78 is 0. The van der Waals surface area contributed by atoms with E-state index in [4.69, 9.17) is 11.0 Å². The minimum atomic E-state index is 0.111. The summed E-state index contributed by atoms with van der Waals surface area (Å²) in [4.78, 5) is 6.40. The van der Waals surface area contributed by atoms with Crippen molar-refractivity contribution in [2.75, 3.05) is 13.1 Å². The number of hydrogen-bond donors (Lipinski definition) is 1. The minimum Gasteiger partial charge on any atom is -0.329 e. The fourth-order valence-electron chi connectivity index (χ4n) is 2.44. The molecule has 0 aliphatic carbocycles. The highest BCUT2D eigenvalue weighted by Gasteiger charge is 2.19. The Morgan fingerprint density at radius 1 is 1.19 bits per heavy atom. The van der Waals surface area contributed by atoms with Crippen LogP contribution in [0.5, 0.6) is 0 Å². The van der Waals surface area contributed by atoms with Crippen LogP contribution >= 0.6 is 0 Å². The van der Waals surface area contributed by atoms with Crippen LogP contribution in [0.15, 0.2) is 54.9 Å². The Morgan fingerprint density at radius 3 is 2.62 bits per heavy atom. The lowest BCUT2D eigenvalue weighted by molar-refractivity contribution is 0.197. The van der Waals surface area contributed by atoms with Crippen molar-refractivity contribution in [3.05, 3.63) is 66.0 Å². The monoisotopic (exact) mass is 280 g/mol. The van der Waals surface area contributed by atoms with E-state index in [0.29, 0.717) is 19.5 Å². The minimum absolute atomic E-state index is 0.111. The summed E-state index contributed by atoms with van der Waals surface area (Å²) in [6, 6.07) is 16.5. The molecule has 0 fully saturated rings. The molecular formula is C17H20N4. The zero-order chi connectivity index (χ0) is 14.9. The van der Waals surface area contributed by atoms with Gasteiger partial charge in [-0.2, -0.15) is 5.26 Å². The number of nitrogens with two attached hydrogens (primary N) is 1. The molecule has 4 heteroatoms. The van der Waals surface area contributed by atoms with Crippen LogP contribution in [0.3, 0.4) is 0 Å². The molecule has 0 saturated carbocycles. The molecule has 0 saturated heterocycles. The van der Waals surface area contributed by atoms with E-state index in [1.54, 1.807) is 6.20 Å². The molecule has 21 heavy (non-hydrogen) atoms. The molecule has 1 atom stereocenters. The van der Waals surface area contributed by atoms with Crippen LogP contribution in [0.4, 0.5) is 0 Å². The van der Waals surface area contributed by atoms with Crippen molar-refractivity contribution in [2.45, 2.75) is 19.0 Å². The third kappa shape index (κ3) is 4.38. The summed E-state index contributed by atoms with van der Waals surface area (Å²) in [5.74, 6) is 0. The Bertz CT molecular complexity index is 562. The molecule has 4 nitrogen and oxygen atoms in total. The molecule has 0 bridgehead atoms. The second-order valence-electron chi connectivity index (χ2n) is 4.90. The summed E-state index contributed by atoms with van der Waals surface area (Å²) in [6.45, 7) is 1.96. The van der Waals surface area contributed by atoms with Crippen LogP contribution < -0.4 is 5.73 Å². The summed E-state index contributed by atoms with van der Waals surface area (Å²) in [5.41, 5.74) is 8.30. The van der Waals surface area contributed by atoms with Gasteiger partial charge in [-0.3, -0.25) is 9.88 Å². The second kappa shape index (κ2) is 8.15. The van der Waals surface area contributed by atoms with Crippen LogP contribution in [-0.2, 0) is 6.54 Å². The molecule has 1 aromatic heterocycles. The van der Waals surface area contributed by atoms with Crippen LogP contribution in [0, 0.1) is 11.3 Å². The third-order valence-corrected chi connectivity index (χ3v) is 3.47. The standard InChI is InChI=1S/C17H20N4/c18-9-5-11-21(14-15-6-4-10-20-13-15)17(12-19)16-7-2-1-3-8-16/h1-4,6-8,10,13,17H,5,11-12,14,19H2. The topological polar surface area (TPSA) is 65.9 Å². The number of rotatable bonds is 7. The smallest absolute Gasteiger partial charge is 0.0635 e. The Balaban J connectivity index is 2.19. The predicted molar refractivity (Wildman–Crippen MR) is 83.1 cm³/mol. The van der Waals surface area contributed by atoms with Crippen molar-refractivity contribution >= 4 is 0 Å². The number of pyridine rings is 1. The molecule has 2 N–H and O–H groups in total. The molecule has 0 amide bonds. The molecule has 1 aromatic carbocycles. The number of nitrogens with zero attached hydrogens (tertiary/aromatic N) is 3. The van der Waals surface area contributed by atoms with Gasteiger partial charge in [-0.05, 0) is 17.2 Å². The van der Waals surface area contributed by atoms with E-state index in [2.05, 4.69) is 28.1 Å². The largest absolute Gasteiger partial charge is 0.329 e. The molecule has 0 spiro atoms. The quantitative estimate of drug-likeness (QED) is 0.846. The van der Waals surface area contributed by atoms with E-state index >= 15 is 0 Å². The van der Waals surface area contributed by atoms with Crippen LogP contribution in [-0.4, -0.2) is 23.0 Å². The van der Waals surface area contributed by atoms with E-state index < -0.39 is 0 Å². The number of hydrogen-bond acceptors (Lipinski definition) is 4.